The van der Waals surface area contributed by atoms with Crippen molar-refractivity contribution in [2.75, 3.05) is 18.8 Å². The number of likely N-dealkylation sites (tertiary alicyclic amines) is 1. The highest BCUT2D eigenvalue weighted by molar-refractivity contribution is 8.14. The Morgan fingerprint density at radius 2 is 1.96 bits per heavy atom. The van der Waals surface area contributed by atoms with Crippen molar-refractivity contribution in [3.63, 3.8) is 0 Å². The lowest BCUT2D eigenvalue weighted by molar-refractivity contribution is -0.144. The molecule has 0 N–H and O–H groups in total. The standard InChI is InChI=1S/C17H19ClN2O4S/c1-17(2,24-13-5-3-11(18)4-6-13)15(22)19-8-7-12(9-19)20-14(21)10-25-16(20)23/h3-6,12H,7-10H2,1-2H3. The quantitative estimate of drug-likeness (QED) is 0.801. The Balaban J connectivity index is 1.65. The molecule has 1 atom stereocenters. The van der Waals surface area contributed by atoms with Gasteiger partial charge in [0.05, 0.1) is 11.8 Å². The van der Waals surface area contributed by atoms with E-state index in [1.54, 1.807) is 43.0 Å². The second-order valence-corrected chi connectivity index (χ2v) is 7.94. The van der Waals surface area contributed by atoms with Crippen molar-refractivity contribution in [2.24, 2.45) is 0 Å². The molecule has 2 saturated heterocycles. The van der Waals surface area contributed by atoms with Crippen LogP contribution in [0.2, 0.25) is 5.02 Å². The third kappa shape index (κ3) is 3.77. The average Bonchev–Trinajstić information content (AvgIpc) is 3.15. The molecule has 0 radical (unpaired) electrons. The minimum absolute atomic E-state index is 0.170. The van der Waals surface area contributed by atoms with Crippen LogP contribution in [0.3, 0.4) is 0 Å². The Kier molecular flexibility index (Phi) is 4.97. The van der Waals surface area contributed by atoms with Crippen LogP contribution in [0.5, 0.6) is 5.75 Å². The predicted octanol–water partition coefficient (Wildman–Crippen LogP) is 2.79. The Hall–Kier alpha value is -1.73. The Labute approximate surface area is 155 Å². The van der Waals surface area contributed by atoms with Gasteiger partial charge in [0, 0.05) is 18.1 Å². The number of amides is 3. The number of carbonyl (C=O) groups excluding carboxylic acids is 3. The largest absolute Gasteiger partial charge is 0.478 e. The van der Waals surface area contributed by atoms with Crippen molar-refractivity contribution in [1.82, 2.24) is 9.80 Å². The molecule has 3 amide bonds. The van der Waals surface area contributed by atoms with E-state index in [-0.39, 0.29) is 28.8 Å². The molecule has 2 heterocycles. The second-order valence-electron chi connectivity index (χ2n) is 6.58. The van der Waals surface area contributed by atoms with Gasteiger partial charge in [-0.05, 0) is 44.5 Å². The number of nitrogens with zero attached hydrogens (tertiary/aromatic N) is 2. The van der Waals surface area contributed by atoms with E-state index in [0.717, 1.165) is 11.8 Å². The smallest absolute Gasteiger partial charge is 0.289 e. The first-order chi connectivity index (χ1) is 11.8. The summed E-state index contributed by atoms with van der Waals surface area (Å²) >= 11 is 6.88. The molecule has 2 aliphatic heterocycles. The molecule has 6 nitrogen and oxygen atoms in total. The molecule has 2 fully saturated rings. The fourth-order valence-corrected chi connectivity index (χ4v) is 3.98. The molecule has 0 aliphatic carbocycles. The van der Waals surface area contributed by atoms with Crippen molar-refractivity contribution >= 4 is 40.4 Å². The van der Waals surface area contributed by atoms with Crippen LogP contribution in [0, 0.1) is 0 Å². The molecule has 0 bridgehead atoms. The molecule has 134 valence electrons. The van der Waals surface area contributed by atoms with Gasteiger partial charge in [-0.1, -0.05) is 23.4 Å². The SMILES string of the molecule is CC(C)(Oc1ccc(Cl)cc1)C(=O)N1CCC(N2C(=O)CSC2=O)C1. The first-order valence-corrected chi connectivity index (χ1v) is 9.37. The van der Waals surface area contributed by atoms with Gasteiger partial charge in [-0.25, -0.2) is 0 Å². The number of imide groups is 1. The summed E-state index contributed by atoms with van der Waals surface area (Å²) in [5.41, 5.74) is -1.06. The van der Waals surface area contributed by atoms with Gasteiger partial charge in [0.15, 0.2) is 5.60 Å². The molecular weight excluding hydrogens is 364 g/mol. The van der Waals surface area contributed by atoms with Gasteiger partial charge in [-0.15, -0.1) is 0 Å². The maximum atomic E-state index is 12.8. The van der Waals surface area contributed by atoms with Gasteiger partial charge in [-0.2, -0.15) is 0 Å². The molecule has 1 unspecified atom stereocenters. The van der Waals surface area contributed by atoms with Crippen LogP contribution in [-0.2, 0) is 9.59 Å². The van der Waals surface area contributed by atoms with Gasteiger partial charge < -0.3 is 9.64 Å². The summed E-state index contributed by atoms with van der Waals surface area (Å²) in [5, 5.41) is 0.373. The summed E-state index contributed by atoms with van der Waals surface area (Å²) in [4.78, 5) is 39.5. The fraction of sp³-hybridized carbons (Fsp3) is 0.471. The van der Waals surface area contributed by atoms with Crippen molar-refractivity contribution in [3.05, 3.63) is 29.3 Å². The Morgan fingerprint density at radius 1 is 1.28 bits per heavy atom. The molecule has 1 aromatic rings. The summed E-state index contributed by atoms with van der Waals surface area (Å²) in [7, 11) is 0. The zero-order valence-corrected chi connectivity index (χ0v) is 15.6. The number of hydrogen-bond donors (Lipinski definition) is 0. The van der Waals surface area contributed by atoms with Gasteiger partial charge in [0.1, 0.15) is 5.75 Å². The van der Waals surface area contributed by atoms with E-state index in [0.29, 0.717) is 30.3 Å². The zero-order valence-electron chi connectivity index (χ0n) is 14.0. The summed E-state index contributed by atoms with van der Waals surface area (Å²) in [5.74, 6) is 0.400. The maximum absolute atomic E-state index is 12.8. The molecule has 0 aromatic heterocycles. The Morgan fingerprint density at radius 3 is 2.56 bits per heavy atom. The lowest BCUT2D eigenvalue weighted by atomic mass is 10.1. The van der Waals surface area contributed by atoms with E-state index in [4.69, 9.17) is 16.3 Å². The number of rotatable bonds is 4. The van der Waals surface area contributed by atoms with E-state index in [2.05, 4.69) is 0 Å². The highest BCUT2D eigenvalue weighted by Crippen LogP contribution is 2.28. The lowest BCUT2D eigenvalue weighted by Gasteiger charge is -2.30. The summed E-state index contributed by atoms with van der Waals surface area (Å²) in [6.45, 7) is 4.27. The minimum atomic E-state index is -1.06. The maximum Gasteiger partial charge on any atom is 0.289 e. The monoisotopic (exact) mass is 382 g/mol. The van der Waals surface area contributed by atoms with Crippen LogP contribution in [0.4, 0.5) is 4.79 Å². The number of benzene rings is 1. The third-order valence-corrected chi connectivity index (χ3v) is 5.39. The van der Waals surface area contributed by atoms with Crippen molar-refractivity contribution < 1.29 is 19.1 Å². The van der Waals surface area contributed by atoms with E-state index in [1.165, 1.54) is 4.90 Å². The topological polar surface area (TPSA) is 66.9 Å². The highest BCUT2D eigenvalue weighted by atomic mass is 35.5. The fourth-order valence-electron chi connectivity index (χ4n) is 3.08. The van der Waals surface area contributed by atoms with Crippen LogP contribution in [0.15, 0.2) is 24.3 Å². The third-order valence-electron chi connectivity index (χ3n) is 4.30. The number of thioether (sulfide) groups is 1. The van der Waals surface area contributed by atoms with Crippen molar-refractivity contribution in [2.45, 2.75) is 31.9 Å². The van der Waals surface area contributed by atoms with E-state index < -0.39 is 5.60 Å². The number of hydrogen-bond acceptors (Lipinski definition) is 5. The summed E-state index contributed by atoms with van der Waals surface area (Å²) < 4.78 is 5.83. The molecule has 8 heteroatoms. The lowest BCUT2D eigenvalue weighted by Crippen LogP contribution is -2.49. The first-order valence-electron chi connectivity index (χ1n) is 8.01. The van der Waals surface area contributed by atoms with Gasteiger partial charge in [0.25, 0.3) is 11.1 Å². The van der Waals surface area contributed by atoms with Gasteiger partial charge >= 0.3 is 0 Å². The van der Waals surface area contributed by atoms with E-state index in [9.17, 15) is 14.4 Å². The molecule has 25 heavy (non-hydrogen) atoms. The minimum Gasteiger partial charge on any atom is -0.478 e. The van der Waals surface area contributed by atoms with Crippen LogP contribution >= 0.6 is 23.4 Å². The highest BCUT2D eigenvalue weighted by Gasteiger charge is 2.43. The van der Waals surface area contributed by atoms with Crippen LogP contribution in [-0.4, -0.2) is 57.3 Å². The zero-order chi connectivity index (χ0) is 18.2. The normalized spacial score (nSPS) is 21.2. The number of halogens is 1. The first kappa shape index (κ1) is 18.1. The van der Waals surface area contributed by atoms with Crippen molar-refractivity contribution in [3.8, 4) is 5.75 Å². The second kappa shape index (κ2) is 6.88. The molecule has 0 spiro atoms. The predicted molar refractivity (Wildman–Crippen MR) is 95.8 cm³/mol. The molecule has 3 rings (SSSR count). The molecular formula is C17H19ClN2O4S. The molecule has 1 aromatic carbocycles. The number of carbonyl (C=O) groups is 3. The van der Waals surface area contributed by atoms with E-state index in [1.807, 2.05) is 0 Å². The summed E-state index contributed by atoms with van der Waals surface area (Å²) in [6.07, 6.45) is 0.598. The Bertz CT molecular complexity index is 691. The van der Waals surface area contributed by atoms with Gasteiger partial charge in [-0.3, -0.25) is 19.3 Å². The van der Waals surface area contributed by atoms with Crippen molar-refractivity contribution in [1.29, 1.82) is 0 Å². The van der Waals surface area contributed by atoms with Crippen LogP contribution in [0.1, 0.15) is 20.3 Å². The number of ether oxygens (including phenoxy) is 1. The summed E-state index contributed by atoms with van der Waals surface area (Å²) in [6, 6.07) is 6.58. The molecule has 0 saturated carbocycles. The van der Waals surface area contributed by atoms with E-state index >= 15 is 0 Å². The van der Waals surface area contributed by atoms with Crippen LogP contribution in [0.25, 0.3) is 0 Å². The van der Waals surface area contributed by atoms with Gasteiger partial charge in [0.2, 0.25) is 5.91 Å². The molecule has 2 aliphatic rings. The average molecular weight is 383 g/mol. The van der Waals surface area contributed by atoms with Crippen LogP contribution < -0.4 is 4.74 Å².